The van der Waals surface area contributed by atoms with E-state index >= 15 is 0 Å². The van der Waals surface area contributed by atoms with Gasteiger partial charge in [0.1, 0.15) is 5.65 Å². The van der Waals surface area contributed by atoms with Crippen LogP contribution in [0.15, 0.2) is 195 Å². The molecular weight excluding hydrogens is 747 g/mol. The Kier molecular flexibility index (Phi) is 7.77. The lowest BCUT2D eigenvalue weighted by molar-refractivity contribution is 0.935. The third kappa shape index (κ3) is 5.27. The zero-order valence-electron chi connectivity index (χ0n) is 33.3. The number of para-hydroxylation sites is 4. The standard InChI is InChI=1S/C54H37N7/c1-3-43-50(51-35(2)41-26-14-17-29-45(41)61(51)54-56-52(36-19-7-4-8-20-36)55-53(57-54)37-21-9-5-10-22-37)42-27-15-18-30-46(42)58(43)40-31-32-47-48(34-40)60-44-28-16-13-23-38(44)33-49(60)59(47)39-24-11-6-12-25-39/h3-34H,1H2,2H3. The van der Waals surface area contributed by atoms with Gasteiger partial charge in [0, 0.05) is 44.2 Å². The molecule has 0 bridgehead atoms. The van der Waals surface area contributed by atoms with Crippen molar-refractivity contribution in [2.45, 2.75) is 6.92 Å². The van der Waals surface area contributed by atoms with E-state index in [2.05, 4.69) is 159 Å². The molecule has 7 nitrogen and oxygen atoms in total. The zero-order chi connectivity index (χ0) is 40.6. The molecule has 0 unspecified atom stereocenters. The van der Waals surface area contributed by atoms with Gasteiger partial charge in [-0.15, -0.1) is 0 Å². The van der Waals surface area contributed by atoms with E-state index in [9.17, 15) is 0 Å². The highest BCUT2D eigenvalue weighted by Crippen LogP contribution is 2.44. The van der Waals surface area contributed by atoms with Crippen LogP contribution in [0.4, 0.5) is 0 Å². The number of fused-ring (bicyclic) bond motifs is 7. The summed E-state index contributed by atoms with van der Waals surface area (Å²) in [5.74, 6) is 1.76. The van der Waals surface area contributed by atoms with Crippen LogP contribution in [0.3, 0.4) is 0 Å². The number of benzene rings is 7. The molecule has 0 saturated carbocycles. The molecule has 5 heterocycles. The minimum atomic E-state index is 0.546. The Morgan fingerprint density at radius 2 is 1.03 bits per heavy atom. The van der Waals surface area contributed by atoms with Gasteiger partial charge in [0.25, 0.3) is 0 Å². The molecule has 0 spiro atoms. The van der Waals surface area contributed by atoms with Crippen molar-refractivity contribution in [3.05, 3.63) is 206 Å². The minimum absolute atomic E-state index is 0.546. The molecular formula is C54H37N7. The number of aromatic nitrogens is 7. The van der Waals surface area contributed by atoms with Crippen LogP contribution in [0.25, 0.3) is 107 Å². The van der Waals surface area contributed by atoms with Crippen LogP contribution in [0.1, 0.15) is 11.3 Å². The zero-order valence-corrected chi connectivity index (χ0v) is 33.3. The van der Waals surface area contributed by atoms with E-state index in [0.29, 0.717) is 17.6 Å². The molecule has 0 fully saturated rings. The molecule has 0 N–H and O–H groups in total. The maximum absolute atomic E-state index is 5.26. The van der Waals surface area contributed by atoms with E-state index in [4.69, 9.17) is 15.0 Å². The summed E-state index contributed by atoms with van der Waals surface area (Å²) in [6.07, 6.45) is 2.00. The fraction of sp³-hybridized carbons (Fsp3) is 0.0185. The SMILES string of the molecule is C=Cc1c(-c2c(C)c3ccccc3n2-c2nc(-c3ccccc3)nc(-c3ccccc3)n2)c2ccccc2n1-c1ccc2c(c1)n1c3ccccc3cc1n2-c1ccccc1. The van der Waals surface area contributed by atoms with Gasteiger partial charge in [0.15, 0.2) is 11.6 Å². The van der Waals surface area contributed by atoms with Crippen LogP contribution >= 0.6 is 0 Å². The van der Waals surface area contributed by atoms with Crippen LogP contribution in [0.2, 0.25) is 0 Å². The molecule has 0 aliphatic carbocycles. The minimum Gasteiger partial charge on any atom is -0.309 e. The van der Waals surface area contributed by atoms with E-state index in [1.807, 2.05) is 66.7 Å². The summed E-state index contributed by atoms with van der Waals surface area (Å²) in [5.41, 5.74) is 14.8. The molecule has 0 aliphatic heterocycles. The first kappa shape index (κ1) is 34.7. The lowest BCUT2D eigenvalue weighted by Gasteiger charge is -2.15. The average Bonchev–Trinajstić information content (AvgIpc) is 4.05. The summed E-state index contributed by atoms with van der Waals surface area (Å²) < 4.78 is 9.33. The maximum Gasteiger partial charge on any atom is 0.238 e. The van der Waals surface area contributed by atoms with Gasteiger partial charge >= 0.3 is 0 Å². The number of imidazole rings is 1. The Balaban J connectivity index is 1.15. The van der Waals surface area contributed by atoms with Gasteiger partial charge in [0.2, 0.25) is 5.95 Å². The highest BCUT2D eigenvalue weighted by Gasteiger charge is 2.27. The molecule has 5 aromatic heterocycles. The summed E-state index contributed by atoms with van der Waals surface area (Å²) in [6.45, 7) is 6.71. The van der Waals surface area contributed by atoms with Gasteiger partial charge in [-0.3, -0.25) is 13.5 Å². The summed E-state index contributed by atoms with van der Waals surface area (Å²) in [6, 6.07) is 65.8. The number of nitrogens with zero attached hydrogens (tertiary/aromatic N) is 7. The van der Waals surface area contributed by atoms with Crippen molar-refractivity contribution in [3.8, 4) is 51.4 Å². The first-order chi connectivity index (χ1) is 30.2. The lowest BCUT2D eigenvalue weighted by Crippen LogP contribution is -2.08. The van der Waals surface area contributed by atoms with Crippen molar-refractivity contribution in [1.29, 1.82) is 0 Å². The van der Waals surface area contributed by atoms with Crippen molar-refractivity contribution in [2.75, 3.05) is 0 Å². The molecule has 12 rings (SSSR count). The number of hydrogen-bond donors (Lipinski definition) is 0. The molecule has 0 atom stereocenters. The Labute approximate surface area is 351 Å². The Morgan fingerprint density at radius 1 is 0.459 bits per heavy atom. The summed E-state index contributed by atoms with van der Waals surface area (Å²) in [4.78, 5) is 15.6. The first-order valence-electron chi connectivity index (χ1n) is 20.5. The molecule has 0 amide bonds. The molecule has 0 radical (unpaired) electrons. The smallest absolute Gasteiger partial charge is 0.238 e. The Bertz CT molecular complexity index is 3600. The molecule has 12 aromatic rings. The van der Waals surface area contributed by atoms with Gasteiger partial charge < -0.3 is 4.57 Å². The number of aryl methyl sites for hydroxylation is 1. The van der Waals surface area contributed by atoms with E-state index in [1.54, 1.807) is 0 Å². The second kappa shape index (κ2) is 13.6. The molecule has 288 valence electrons. The van der Waals surface area contributed by atoms with Crippen molar-refractivity contribution in [3.63, 3.8) is 0 Å². The number of rotatable bonds is 7. The van der Waals surface area contributed by atoms with Gasteiger partial charge in [-0.2, -0.15) is 9.97 Å². The maximum atomic E-state index is 5.26. The average molecular weight is 784 g/mol. The summed E-state index contributed by atoms with van der Waals surface area (Å²) in [5, 5.41) is 3.42. The van der Waals surface area contributed by atoms with Crippen LogP contribution in [0, 0.1) is 6.92 Å². The second-order valence-corrected chi connectivity index (χ2v) is 15.4. The van der Waals surface area contributed by atoms with Crippen LogP contribution < -0.4 is 0 Å². The van der Waals surface area contributed by atoms with Crippen molar-refractivity contribution in [1.82, 2.24) is 33.1 Å². The molecule has 0 aliphatic rings. The van der Waals surface area contributed by atoms with E-state index in [1.165, 1.54) is 10.9 Å². The highest BCUT2D eigenvalue weighted by molar-refractivity contribution is 6.06. The molecule has 0 saturated heterocycles. The largest absolute Gasteiger partial charge is 0.309 e. The van der Waals surface area contributed by atoms with E-state index in [0.717, 1.165) is 83.5 Å². The van der Waals surface area contributed by atoms with Crippen LogP contribution in [0.5, 0.6) is 0 Å². The fourth-order valence-corrected chi connectivity index (χ4v) is 9.33. The van der Waals surface area contributed by atoms with E-state index < -0.39 is 0 Å². The normalized spacial score (nSPS) is 11.8. The predicted octanol–water partition coefficient (Wildman–Crippen LogP) is 13.1. The van der Waals surface area contributed by atoms with Crippen LogP contribution in [-0.2, 0) is 0 Å². The molecule has 7 aromatic carbocycles. The fourth-order valence-electron chi connectivity index (χ4n) is 9.33. The topological polar surface area (TPSA) is 57.9 Å². The monoisotopic (exact) mass is 783 g/mol. The predicted molar refractivity (Wildman–Crippen MR) is 250 cm³/mol. The van der Waals surface area contributed by atoms with Crippen molar-refractivity contribution in [2.24, 2.45) is 0 Å². The van der Waals surface area contributed by atoms with Gasteiger partial charge in [-0.05, 0) is 73.2 Å². The highest BCUT2D eigenvalue weighted by atomic mass is 15.2. The molecule has 7 heteroatoms. The summed E-state index contributed by atoms with van der Waals surface area (Å²) in [7, 11) is 0. The van der Waals surface area contributed by atoms with Crippen molar-refractivity contribution >= 4 is 55.5 Å². The first-order valence-corrected chi connectivity index (χ1v) is 20.5. The quantitative estimate of drug-likeness (QED) is 0.162. The third-order valence-corrected chi connectivity index (χ3v) is 12.0. The van der Waals surface area contributed by atoms with Gasteiger partial charge in [-0.1, -0.05) is 140 Å². The molecule has 61 heavy (non-hydrogen) atoms. The van der Waals surface area contributed by atoms with Gasteiger partial charge in [0.05, 0.1) is 39.0 Å². The number of hydrogen-bond acceptors (Lipinski definition) is 3. The second-order valence-electron chi connectivity index (χ2n) is 15.4. The summed E-state index contributed by atoms with van der Waals surface area (Å²) >= 11 is 0. The van der Waals surface area contributed by atoms with Crippen LogP contribution in [-0.4, -0.2) is 33.1 Å². The third-order valence-electron chi connectivity index (χ3n) is 12.0. The van der Waals surface area contributed by atoms with Crippen molar-refractivity contribution < 1.29 is 0 Å². The van der Waals surface area contributed by atoms with Gasteiger partial charge in [-0.25, -0.2) is 4.98 Å². The van der Waals surface area contributed by atoms with E-state index in [-0.39, 0.29) is 0 Å². The lowest BCUT2D eigenvalue weighted by atomic mass is 10.0. The Morgan fingerprint density at radius 3 is 1.70 bits per heavy atom. The Hall–Kier alpha value is -8.29.